The highest BCUT2D eigenvalue weighted by atomic mass is 79.9. The zero-order valence-corrected chi connectivity index (χ0v) is 11.9. The number of morpholine rings is 1. The molecular weight excluding hydrogens is 301 g/mol. The topological polar surface area (TPSA) is 29.5 Å². The number of amides is 1. The molecule has 0 aliphatic carbocycles. The summed E-state index contributed by atoms with van der Waals surface area (Å²) in [5.74, 6) is -0.452. The number of nitrogens with zero attached hydrogens (tertiary/aromatic N) is 1. The average molecular weight is 316 g/mol. The molecule has 0 bridgehead atoms. The smallest absolute Gasteiger partial charge is 0.255 e. The third-order valence-corrected chi connectivity index (χ3v) is 3.69. The van der Waals surface area contributed by atoms with E-state index in [1.165, 1.54) is 18.2 Å². The molecule has 1 fully saturated rings. The van der Waals surface area contributed by atoms with Gasteiger partial charge in [0.25, 0.3) is 5.91 Å². The van der Waals surface area contributed by atoms with E-state index >= 15 is 0 Å². The van der Waals surface area contributed by atoms with Gasteiger partial charge in [0.15, 0.2) is 0 Å². The molecule has 98 valence electrons. The van der Waals surface area contributed by atoms with Crippen LogP contribution in [0, 0.1) is 5.82 Å². The molecule has 18 heavy (non-hydrogen) atoms. The maximum Gasteiger partial charge on any atom is 0.255 e. The van der Waals surface area contributed by atoms with Gasteiger partial charge in [-0.1, -0.05) is 0 Å². The Morgan fingerprint density at radius 3 is 2.89 bits per heavy atom. The lowest BCUT2D eigenvalue weighted by Crippen LogP contribution is -2.50. The van der Waals surface area contributed by atoms with Crippen LogP contribution in [0.1, 0.15) is 24.2 Å². The van der Waals surface area contributed by atoms with Crippen molar-refractivity contribution in [3.63, 3.8) is 0 Å². The van der Waals surface area contributed by atoms with Crippen molar-refractivity contribution >= 4 is 21.8 Å². The van der Waals surface area contributed by atoms with E-state index in [2.05, 4.69) is 15.9 Å². The first-order chi connectivity index (χ1) is 8.49. The van der Waals surface area contributed by atoms with Crippen molar-refractivity contribution in [1.29, 1.82) is 0 Å². The van der Waals surface area contributed by atoms with E-state index in [9.17, 15) is 9.18 Å². The fourth-order valence-electron chi connectivity index (χ4n) is 2.00. The van der Waals surface area contributed by atoms with Gasteiger partial charge in [0.2, 0.25) is 0 Å². The highest BCUT2D eigenvalue weighted by Gasteiger charge is 2.29. The molecule has 1 amide bonds. The van der Waals surface area contributed by atoms with E-state index in [1.807, 2.05) is 13.8 Å². The maximum absolute atomic E-state index is 13.0. The summed E-state index contributed by atoms with van der Waals surface area (Å²) in [5, 5.41) is 0. The molecule has 5 heteroatoms. The lowest BCUT2D eigenvalue weighted by molar-refractivity contribution is -0.0387. The molecule has 2 atom stereocenters. The number of carbonyl (C=O) groups is 1. The molecule has 0 saturated carbocycles. The zero-order valence-electron chi connectivity index (χ0n) is 10.3. The van der Waals surface area contributed by atoms with Gasteiger partial charge in [-0.15, -0.1) is 0 Å². The average Bonchev–Trinajstić information content (AvgIpc) is 2.31. The van der Waals surface area contributed by atoms with Gasteiger partial charge in [0.1, 0.15) is 5.82 Å². The molecule has 1 aliphatic rings. The predicted octanol–water partition coefficient (Wildman–Crippen LogP) is 2.84. The van der Waals surface area contributed by atoms with Gasteiger partial charge in [0.05, 0.1) is 24.3 Å². The molecule has 3 nitrogen and oxygen atoms in total. The first kappa shape index (κ1) is 13.5. The summed E-state index contributed by atoms with van der Waals surface area (Å²) in [6, 6.07) is 4.15. The van der Waals surface area contributed by atoms with Gasteiger partial charge in [0, 0.05) is 11.0 Å². The summed E-state index contributed by atoms with van der Waals surface area (Å²) >= 11 is 3.23. The Kier molecular flexibility index (Phi) is 4.02. The molecule has 2 unspecified atom stereocenters. The van der Waals surface area contributed by atoms with Crippen LogP contribution < -0.4 is 0 Å². The van der Waals surface area contributed by atoms with Crippen molar-refractivity contribution in [1.82, 2.24) is 4.90 Å². The lowest BCUT2D eigenvalue weighted by Gasteiger charge is -2.37. The molecule has 1 aliphatic heterocycles. The molecule has 0 N–H and O–H groups in total. The minimum absolute atomic E-state index is 0.0318. The van der Waals surface area contributed by atoms with Crippen LogP contribution in [0.5, 0.6) is 0 Å². The molecular formula is C13H15BrFNO2. The van der Waals surface area contributed by atoms with Crippen LogP contribution in [0.25, 0.3) is 0 Å². The monoisotopic (exact) mass is 315 g/mol. The van der Waals surface area contributed by atoms with Crippen molar-refractivity contribution in [2.75, 3.05) is 13.2 Å². The number of hydrogen-bond acceptors (Lipinski definition) is 2. The zero-order chi connectivity index (χ0) is 13.3. The Hall–Kier alpha value is -0.940. The van der Waals surface area contributed by atoms with E-state index in [0.29, 0.717) is 23.2 Å². The summed E-state index contributed by atoms with van der Waals surface area (Å²) < 4.78 is 19.0. The second-order valence-corrected chi connectivity index (χ2v) is 5.43. The van der Waals surface area contributed by atoms with Crippen molar-refractivity contribution in [3.05, 3.63) is 34.1 Å². The van der Waals surface area contributed by atoms with Crippen LogP contribution in [0.4, 0.5) is 4.39 Å². The Morgan fingerprint density at radius 2 is 2.22 bits per heavy atom. The van der Waals surface area contributed by atoms with Crippen LogP contribution in [-0.2, 0) is 4.74 Å². The third-order valence-electron chi connectivity index (χ3n) is 3.03. The second-order valence-electron chi connectivity index (χ2n) is 4.57. The van der Waals surface area contributed by atoms with Gasteiger partial charge in [-0.25, -0.2) is 4.39 Å². The van der Waals surface area contributed by atoms with E-state index in [1.54, 1.807) is 4.90 Å². The number of halogens is 2. The minimum Gasteiger partial charge on any atom is -0.375 e. The number of carbonyl (C=O) groups excluding carboxylic acids is 1. The van der Waals surface area contributed by atoms with Crippen molar-refractivity contribution in [2.24, 2.45) is 0 Å². The maximum atomic E-state index is 13.0. The predicted molar refractivity (Wildman–Crippen MR) is 70.0 cm³/mol. The first-order valence-electron chi connectivity index (χ1n) is 5.86. The lowest BCUT2D eigenvalue weighted by atomic mass is 10.1. The van der Waals surface area contributed by atoms with E-state index in [4.69, 9.17) is 4.74 Å². The number of benzene rings is 1. The van der Waals surface area contributed by atoms with E-state index in [0.717, 1.165) is 0 Å². The molecule has 1 aromatic rings. The normalized spacial score (nSPS) is 24.1. The van der Waals surface area contributed by atoms with Gasteiger partial charge < -0.3 is 9.64 Å². The highest BCUT2D eigenvalue weighted by Crippen LogP contribution is 2.22. The molecule has 0 radical (unpaired) electrons. The van der Waals surface area contributed by atoms with Crippen LogP contribution in [0.2, 0.25) is 0 Å². The number of rotatable bonds is 1. The third kappa shape index (κ3) is 2.72. The minimum atomic E-state index is -0.359. The van der Waals surface area contributed by atoms with Gasteiger partial charge in [-0.3, -0.25) is 4.79 Å². The molecule has 1 aromatic carbocycles. The Balaban J connectivity index is 2.24. The molecule has 0 aromatic heterocycles. The first-order valence-corrected chi connectivity index (χ1v) is 6.66. The van der Waals surface area contributed by atoms with Crippen molar-refractivity contribution < 1.29 is 13.9 Å². The Morgan fingerprint density at radius 1 is 1.50 bits per heavy atom. The standard InChI is InChI=1S/C13H15BrFNO2/c1-8-7-18-9(2)6-16(8)13(17)11-4-3-10(15)5-12(11)14/h3-5,8-9H,6-7H2,1-2H3. The summed E-state index contributed by atoms with van der Waals surface area (Å²) in [5.41, 5.74) is 0.484. The van der Waals surface area contributed by atoms with Gasteiger partial charge in [-0.05, 0) is 48.0 Å². The van der Waals surface area contributed by atoms with E-state index in [-0.39, 0.29) is 23.9 Å². The fraction of sp³-hybridized carbons (Fsp3) is 0.462. The highest BCUT2D eigenvalue weighted by molar-refractivity contribution is 9.10. The fourth-order valence-corrected chi connectivity index (χ4v) is 2.52. The van der Waals surface area contributed by atoms with Crippen LogP contribution in [0.15, 0.2) is 22.7 Å². The SMILES string of the molecule is CC1CN(C(=O)c2ccc(F)cc2Br)C(C)CO1. The largest absolute Gasteiger partial charge is 0.375 e. The van der Waals surface area contributed by atoms with Gasteiger partial charge >= 0.3 is 0 Å². The molecule has 2 rings (SSSR count). The molecule has 0 spiro atoms. The van der Waals surface area contributed by atoms with Gasteiger partial charge in [-0.2, -0.15) is 0 Å². The van der Waals surface area contributed by atoms with Crippen LogP contribution >= 0.6 is 15.9 Å². The summed E-state index contributed by atoms with van der Waals surface area (Å²) in [7, 11) is 0. The second kappa shape index (κ2) is 5.36. The molecule has 1 saturated heterocycles. The molecule has 1 heterocycles. The van der Waals surface area contributed by atoms with Crippen LogP contribution in [0.3, 0.4) is 0 Å². The van der Waals surface area contributed by atoms with Crippen molar-refractivity contribution in [3.8, 4) is 0 Å². The van der Waals surface area contributed by atoms with E-state index < -0.39 is 0 Å². The number of hydrogen-bond donors (Lipinski definition) is 0. The number of ether oxygens (including phenoxy) is 1. The summed E-state index contributed by atoms with van der Waals surface area (Å²) in [4.78, 5) is 14.2. The van der Waals surface area contributed by atoms with Crippen molar-refractivity contribution in [2.45, 2.75) is 26.0 Å². The Bertz CT molecular complexity index is 466. The summed E-state index contributed by atoms with van der Waals surface area (Å²) in [6.45, 7) is 4.97. The Labute approximate surface area is 114 Å². The quantitative estimate of drug-likeness (QED) is 0.797. The summed E-state index contributed by atoms with van der Waals surface area (Å²) in [6.07, 6.45) is 0.0318. The van der Waals surface area contributed by atoms with Crippen LogP contribution in [-0.4, -0.2) is 36.1 Å².